The molecule has 0 fully saturated rings. The molecule has 9 heteroatoms. The first-order chi connectivity index (χ1) is 14.7. The Morgan fingerprint density at radius 3 is 2.65 bits per heavy atom. The minimum Gasteiger partial charge on any atom is -0.490 e. The number of hydrogen-bond acceptors (Lipinski definition) is 6. The number of nitrogens with zero attached hydrogens (tertiary/aromatic N) is 2. The van der Waals surface area contributed by atoms with E-state index < -0.39 is 19.9 Å². The minimum absolute atomic E-state index is 0.0123. The molecule has 0 unspecified atom stereocenters. The summed E-state index contributed by atoms with van der Waals surface area (Å²) in [6.07, 6.45) is 1.83. The van der Waals surface area contributed by atoms with Gasteiger partial charge in [-0.15, -0.1) is 0 Å². The fraction of sp³-hybridized carbons (Fsp3) is 0.500. The van der Waals surface area contributed by atoms with Crippen LogP contribution in [0.25, 0.3) is 0 Å². The van der Waals surface area contributed by atoms with Crippen LogP contribution in [0, 0.1) is 12.7 Å². The number of methoxy groups -OCH3 is 1. The maximum atomic E-state index is 13.9. The summed E-state index contributed by atoms with van der Waals surface area (Å²) in [7, 11) is 0.0957. The van der Waals surface area contributed by atoms with E-state index in [1.54, 1.807) is 4.68 Å². The highest BCUT2D eigenvalue weighted by atomic mass is 28.3. The lowest BCUT2D eigenvalue weighted by atomic mass is 10.1. The van der Waals surface area contributed by atoms with Crippen LogP contribution in [0.5, 0.6) is 5.75 Å². The Bertz CT molecular complexity index is 908. The summed E-state index contributed by atoms with van der Waals surface area (Å²) < 4.78 is 31.5. The van der Waals surface area contributed by atoms with Gasteiger partial charge in [-0.3, -0.25) is 4.79 Å². The van der Waals surface area contributed by atoms with Crippen molar-refractivity contribution in [3.05, 3.63) is 46.5 Å². The van der Waals surface area contributed by atoms with Gasteiger partial charge in [0, 0.05) is 25.9 Å². The summed E-state index contributed by atoms with van der Waals surface area (Å²) in [5, 5.41) is 4.34. The Balaban J connectivity index is 1.93. The Hall–Kier alpha value is -2.52. The van der Waals surface area contributed by atoms with E-state index in [1.807, 2.05) is 6.92 Å². The van der Waals surface area contributed by atoms with Crippen LogP contribution < -0.4 is 4.74 Å². The van der Waals surface area contributed by atoms with E-state index >= 15 is 0 Å². The van der Waals surface area contributed by atoms with Crippen LogP contribution >= 0.6 is 0 Å². The zero-order chi connectivity index (χ0) is 23.0. The maximum Gasteiger partial charge on any atom is 0.337 e. The molecule has 0 N–H and O–H groups in total. The standard InChI is InChI=1S/C22H31FN2O5Si/c1-16-18(20(14-26)24-25(16)15-29-11-12-31(3,4)5)7-6-10-30-21-13-17(22(27)28-2)8-9-19(21)23/h8-9,13-14H,6-7,10-12,15H2,1-5H3. The van der Waals surface area contributed by atoms with E-state index in [0.717, 1.165) is 23.6 Å². The third-order valence-electron chi connectivity index (χ3n) is 4.86. The molecule has 0 bridgehead atoms. The highest BCUT2D eigenvalue weighted by Crippen LogP contribution is 2.21. The largest absolute Gasteiger partial charge is 0.490 e. The molecule has 0 saturated carbocycles. The Morgan fingerprint density at radius 1 is 1.26 bits per heavy atom. The second-order valence-electron chi connectivity index (χ2n) is 8.50. The van der Waals surface area contributed by atoms with Crippen LogP contribution in [0.4, 0.5) is 4.39 Å². The van der Waals surface area contributed by atoms with Crippen LogP contribution in [0.2, 0.25) is 25.7 Å². The molecule has 31 heavy (non-hydrogen) atoms. The van der Waals surface area contributed by atoms with Gasteiger partial charge in [0.15, 0.2) is 17.9 Å². The molecule has 0 atom stereocenters. The van der Waals surface area contributed by atoms with Crippen molar-refractivity contribution in [2.75, 3.05) is 20.3 Å². The summed E-state index contributed by atoms with van der Waals surface area (Å²) in [5.41, 5.74) is 2.30. The van der Waals surface area contributed by atoms with Gasteiger partial charge in [-0.1, -0.05) is 19.6 Å². The van der Waals surface area contributed by atoms with Gasteiger partial charge in [-0.05, 0) is 44.0 Å². The molecule has 1 aromatic heterocycles. The Morgan fingerprint density at radius 2 is 2.00 bits per heavy atom. The van der Waals surface area contributed by atoms with Crippen molar-refractivity contribution >= 4 is 20.3 Å². The first kappa shape index (κ1) is 24.7. The van der Waals surface area contributed by atoms with Crippen molar-refractivity contribution in [1.82, 2.24) is 9.78 Å². The fourth-order valence-electron chi connectivity index (χ4n) is 2.96. The number of benzene rings is 1. The third-order valence-corrected chi connectivity index (χ3v) is 6.57. The summed E-state index contributed by atoms with van der Waals surface area (Å²) in [6.45, 7) is 9.96. The van der Waals surface area contributed by atoms with Crippen LogP contribution in [-0.4, -0.2) is 50.4 Å². The zero-order valence-corrected chi connectivity index (χ0v) is 19.9. The van der Waals surface area contributed by atoms with Crippen molar-refractivity contribution in [2.24, 2.45) is 0 Å². The van der Waals surface area contributed by atoms with Crippen molar-refractivity contribution in [1.29, 1.82) is 0 Å². The van der Waals surface area contributed by atoms with Crippen LogP contribution in [0.1, 0.15) is 38.5 Å². The van der Waals surface area contributed by atoms with Crippen molar-refractivity contribution in [2.45, 2.75) is 52.2 Å². The fourth-order valence-corrected chi connectivity index (χ4v) is 3.71. The molecule has 0 aliphatic carbocycles. The summed E-state index contributed by atoms with van der Waals surface area (Å²) in [6, 6.07) is 4.89. The molecular formula is C22H31FN2O5Si. The van der Waals surface area contributed by atoms with Gasteiger partial charge in [0.1, 0.15) is 12.4 Å². The first-order valence-electron chi connectivity index (χ1n) is 10.3. The van der Waals surface area contributed by atoms with Crippen LogP contribution in [-0.2, 0) is 22.6 Å². The predicted octanol–water partition coefficient (Wildman–Crippen LogP) is 4.25. The molecule has 170 valence electrons. The lowest BCUT2D eigenvalue weighted by Crippen LogP contribution is -2.22. The number of carbonyl (C=O) groups is 2. The van der Waals surface area contributed by atoms with E-state index in [2.05, 4.69) is 29.5 Å². The van der Waals surface area contributed by atoms with Crippen LogP contribution in [0.3, 0.4) is 0 Å². The predicted molar refractivity (Wildman–Crippen MR) is 118 cm³/mol. The van der Waals surface area contributed by atoms with Crippen molar-refractivity contribution in [3.63, 3.8) is 0 Å². The molecule has 0 aliphatic heterocycles. The summed E-state index contributed by atoms with van der Waals surface area (Å²) in [4.78, 5) is 23.0. The van der Waals surface area contributed by atoms with Gasteiger partial charge in [0.2, 0.25) is 0 Å². The number of aromatic nitrogens is 2. The van der Waals surface area contributed by atoms with Gasteiger partial charge in [-0.2, -0.15) is 5.10 Å². The molecule has 0 spiro atoms. The van der Waals surface area contributed by atoms with Crippen molar-refractivity contribution in [3.8, 4) is 5.75 Å². The number of aldehydes is 1. The monoisotopic (exact) mass is 450 g/mol. The highest BCUT2D eigenvalue weighted by molar-refractivity contribution is 6.76. The smallest absolute Gasteiger partial charge is 0.337 e. The lowest BCUT2D eigenvalue weighted by Gasteiger charge is -2.15. The van der Waals surface area contributed by atoms with E-state index in [-0.39, 0.29) is 17.9 Å². The quantitative estimate of drug-likeness (QED) is 0.208. The minimum atomic E-state index is -1.16. The average Bonchev–Trinajstić information content (AvgIpc) is 3.03. The molecule has 0 radical (unpaired) electrons. The number of hydrogen-bond donors (Lipinski definition) is 0. The molecular weight excluding hydrogens is 419 g/mol. The zero-order valence-electron chi connectivity index (χ0n) is 18.9. The number of halogens is 1. The highest BCUT2D eigenvalue weighted by Gasteiger charge is 2.16. The van der Waals surface area contributed by atoms with E-state index in [0.29, 0.717) is 31.9 Å². The van der Waals surface area contributed by atoms with Gasteiger partial charge in [-0.25, -0.2) is 13.9 Å². The Labute approximate surface area is 183 Å². The number of rotatable bonds is 12. The van der Waals surface area contributed by atoms with E-state index in [4.69, 9.17) is 9.47 Å². The second-order valence-corrected chi connectivity index (χ2v) is 14.1. The summed E-state index contributed by atoms with van der Waals surface area (Å²) >= 11 is 0. The average molecular weight is 451 g/mol. The van der Waals surface area contributed by atoms with Gasteiger partial charge in [0.25, 0.3) is 0 Å². The normalized spacial score (nSPS) is 11.4. The lowest BCUT2D eigenvalue weighted by molar-refractivity contribution is 0.0600. The topological polar surface area (TPSA) is 79.7 Å². The number of carbonyl (C=O) groups excluding carboxylic acids is 2. The molecule has 2 aromatic rings. The van der Waals surface area contributed by atoms with Gasteiger partial charge in [0.05, 0.1) is 19.3 Å². The first-order valence-corrected chi connectivity index (χ1v) is 14.0. The van der Waals surface area contributed by atoms with E-state index in [9.17, 15) is 14.0 Å². The molecule has 1 heterocycles. The molecule has 2 rings (SSSR count). The summed E-state index contributed by atoms with van der Waals surface area (Å²) in [5.74, 6) is -1.13. The SMILES string of the molecule is COC(=O)c1ccc(F)c(OCCCc2c(C=O)nn(COCC[Si](C)(C)C)c2C)c1. The molecule has 7 nitrogen and oxygen atoms in total. The van der Waals surface area contributed by atoms with Gasteiger partial charge >= 0.3 is 5.97 Å². The van der Waals surface area contributed by atoms with Crippen LogP contribution in [0.15, 0.2) is 18.2 Å². The Kier molecular flexibility index (Phi) is 8.94. The second kappa shape index (κ2) is 11.2. The number of ether oxygens (including phenoxy) is 3. The molecule has 1 aromatic carbocycles. The van der Waals surface area contributed by atoms with E-state index in [1.165, 1.54) is 25.3 Å². The molecule has 0 amide bonds. The molecule has 0 aliphatic rings. The molecule has 0 saturated heterocycles. The number of esters is 1. The third kappa shape index (κ3) is 7.29. The van der Waals surface area contributed by atoms with Gasteiger partial charge < -0.3 is 14.2 Å². The maximum absolute atomic E-state index is 13.9. The van der Waals surface area contributed by atoms with Crippen molar-refractivity contribution < 1.29 is 28.2 Å².